The Kier molecular flexibility index (Phi) is 5.61. The molecule has 3 heteroatoms. The van der Waals surface area contributed by atoms with E-state index in [-0.39, 0.29) is 0 Å². The first kappa shape index (κ1) is 14.8. The zero-order valence-corrected chi connectivity index (χ0v) is 13.9. The normalized spacial score (nSPS) is 12.6. The van der Waals surface area contributed by atoms with Gasteiger partial charge in [0.1, 0.15) is 0 Å². The van der Waals surface area contributed by atoms with Gasteiger partial charge in [-0.2, -0.15) is 0 Å². The average molecular weight is 338 g/mol. The molecule has 1 aromatic carbocycles. The van der Waals surface area contributed by atoms with E-state index in [1.54, 1.807) is 0 Å². The Labute approximate surface area is 128 Å². The van der Waals surface area contributed by atoms with Crippen molar-refractivity contribution in [3.63, 3.8) is 0 Å². The van der Waals surface area contributed by atoms with E-state index in [9.17, 15) is 0 Å². The molecule has 1 unspecified atom stereocenters. The number of halogens is 1. The number of hydrogen-bond acceptors (Lipinski definition) is 2. The summed E-state index contributed by atoms with van der Waals surface area (Å²) >= 11 is 5.33. The molecule has 102 valence electrons. The Hall–Kier alpha value is -0.640. The van der Waals surface area contributed by atoms with E-state index < -0.39 is 0 Å². The smallest absolute Gasteiger partial charge is 0.0701 e. The Morgan fingerprint density at radius 2 is 1.89 bits per heavy atom. The van der Waals surface area contributed by atoms with Crippen LogP contribution >= 0.6 is 27.3 Å². The Balaban J connectivity index is 1.87. The largest absolute Gasteiger partial charge is 0.310 e. The summed E-state index contributed by atoms with van der Waals surface area (Å²) in [6.07, 6.45) is 2.22. The van der Waals surface area contributed by atoms with Crippen molar-refractivity contribution in [1.29, 1.82) is 0 Å². The van der Waals surface area contributed by atoms with Gasteiger partial charge in [0, 0.05) is 17.5 Å². The lowest BCUT2D eigenvalue weighted by atomic mass is 10.0. The van der Waals surface area contributed by atoms with E-state index >= 15 is 0 Å². The zero-order chi connectivity index (χ0) is 13.7. The SMILES string of the molecule is CCC(NCCc1ccc(Br)s1)c1ccc(C)cc1. The first-order valence-electron chi connectivity index (χ1n) is 6.73. The first-order chi connectivity index (χ1) is 9.19. The second-order valence-electron chi connectivity index (χ2n) is 4.78. The van der Waals surface area contributed by atoms with Crippen molar-refractivity contribution in [2.24, 2.45) is 0 Å². The summed E-state index contributed by atoms with van der Waals surface area (Å²) in [5, 5.41) is 3.65. The van der Waals surface area contributed by atoms with Crippen LogP contribution in [0.5, 0.6) is 0 Å². The van der Waals surface area contributed by atoms with Gasteiger partial charge in [-0.05, 0) is 53.4 Å². The molecule has 2 rings (SSSR count). The van der Waals surface area contributed by atoms with Gasteiger partial charge in [0.15, 0.2) is 0 Å². The lowest BCUT2D eigenvalue weighted by Gasteiger charge is -2.17. The summed E-state index contributed by atoms with van der Waals surface area (Å²) in [4.78, 5) is 1.43. The molecule has 0 fully saturated rings. The highest BCUT2D eigenvalue weighted by Crippen LogP contribution is 2.22. The summed E-state index contributed by atoms with van der Waals surface area (Å²) in [6.45, 7) is 5.39. The molecule has 1 N–H and O–H groups in total. The van der Waals surface area contributed by atoms with Crippen LogP contribution in [0.25, 0.3) is 0 Å². The summed E-state index contributed by atoms with van der Waals surface area (Å²) < 4.78 is 1.22. The van der Waals surface area contributed by atoms with E-state index in [2.05, 4.69) is 71.5 Å². The van der Waals surface area contributed by atoms with E-state index in [4.69, 9.17) is 0 Å². The van der Waals surface area contributed by atoms with Gasteiger partial charge in [0.05, 0.1) is 3.79 Å². The Morgan fingerprint density at radius 1 is 1.16 bits per heavy atom. The van der Waals surface area contributed by atoms with Gasteiger partial charge in [-0.25, -0.2) is 0 Å². The van der Waals surface area contributed by atoms with Crippen LogP contribution in [0.3, 0.4) is 0 Å². The molecule has 19 heavy (non-hydrogen) atoms. The molecule has 1 atom stereocenters. The van der Waals surface area contributed by atoms with Crippen LogP contribution in [0.4, 0.5) is 0 Å². The molecule has 0 aliphatic rings. The molecular formula is C16H20BrNS. The molecule has 0 aliphatic carbocycles. The van der Waals surface area contributed by atoms with Gasteiger partial charge in [-0.1, -0.05) is 36.8 Å². The van der Waals surface area contributed by atoms with Crippen LogP contribution in [0.15, 0.2) is 40.2 Å². The van der Waals surface area contributed by atoms with Crippen LogP contribution in [0.1, 0.15) is 35.4 Å². The Bertz CT molecular complexity index is 504. The second kappa shape index (κ2) is 7.22. The quantitative estimate of drug-likeness (QED) is 0.772. The van der Waals surface area contributed by atoms with Gasteiger partial charge < -0.3 is 5.32 Å². The number of nitrogens with one attached hydrogen (secondary N) is 1. The maximum absolute atomic E-state index is 3.65. The fraction of sp³-hybridized carbons (Fsp3) is 0.375. The molecule has 0 saturated heterocycles. The third-order valence-electron chi connectivity index (χ3n) is 3.28. The fourth-order valence-electron chi connectivity index (χ4n) is 2.15. The van der Waals surface area contributed by atoms with Gasteiger partial charge in [0.2, 0.25) is 0 Å². The van der Waals surface area contributed by atoms with Gasteiger partial charge in [0.25, 0.3) is 0 Å². The summed E-state index contributed by atoms with van der Waals surface area (Å²) in [6, 6.07) is 13.6. The molecule has 0 bridgehead atoms. The molecule has 1 heterocycles. The fourth-order valence-corrected chi connectivity index (χ4v) is 3.64. The monoisotopic (exact) mass is 337 g/mol. The van der Waals surface area contributed by atoms with Crippen molar-refractivity contribution < 1.29 is 0 Å². The number of benzene rings is 1. The number of aryl methyl sites for hydroxylation is 1. The molecule has 2 aromatic rings. The zero-order valence-electron chi connectivity index (χ0n) is 11.4. The number of hydrogen-bond donors (Lipinski definition) is 1. The van der Waals surface area contributed by atoms with E-state index in [1.807, 2.05) is 11.3 Å². The predicted octanol–water partition coefficient (Wildman–Crippen LogP) is 5.10. The molecule has 0 amide bonds. The molecule has 1 nitrogen and oxygen atoms in total. The Morgan fingerprint density at radius 3 is 2.47 bits per heavy atom. The van der Waals surface area contributed by atoms with Gasteiger partial charge >= 0.3 is 0 Å². The molecule has 0 spiro atoms. The van der Waals surface area contributed by atoms with E-state index in [1.165, 1.54) is 19.8 Å². The van der Waals surface area contributed by atoms with Crippen LogP contribution in [-0.2, 0) is 6.42 Å². The van der Waals surface area contributed by atoms with Crippen molar-refractivity contribution in [2.45, 2.75) is 32.7 Å². The third-order valence-corrected chi connectivity index (χ3v) is 4.96. The first-order valence-corrected chi connectivity index (χ1v) is 8.34. The topological polar surface area (TPSA) is 12.0 Å². The van der Waals surface area contributed by atoms with Crippen molar-refractivity contribution in [1.82, 2.24) is 5.32 Å². The predicted molar refractivity (Wildman–Crippen MR) is 87.9 cm³/mol. The maximum Gasteiger partial charge on any atom is 0.0701 e. The van der Waals surface area contributed by atoms with Gasteiger partial charge in [-0.15, -0.1) is 11.3 Å². The van der Waals surface area contributed by atoms with E-state index in [0.29, 0.717) is 6.04 Å². The highest BCUT2D eigenvalue weighted by atomic mass is 79.9. The number of rotatable bonds is 6. The molecule has 0 radical (unpaired) electrons. The van der Waals surface area contributed by atoms with Crippen LogP contribution in [0, 0.1) is 6.92 Å². The summed E-state index contributed by atoms with van der Waals surface area (Å²) in [7, 11) is 0. The highest BCUT2D eigenvalue weighted by Gasteiger charge is 2.08. The van der Waals surface area contributed by atoms with Crippen LogP contribution in [0.2, 0.25) is 0 Å². The van der Waals surface area contributed by atoms with Crippen LogP contribution < -0.4 is 5.32 Å². The van der Waals surface area contributed by atoms with Crippen molar-refractivity contribution in [2.75, 3.05) is 6.54 Å². The number of thiophene rings is 1. The molecule has 1 aromatic heterocycles. The van der Waals surface area contributed by atoms with Crippen molar-refractivity contribution >= 4 is 27.3 Å². The maximum atomic E-state index is 3.65. The lowest BCUT2D eigenvalue weighted by Crippen LogP contribution is -2.23. The van der Waals surface area contributed by atoms with Crippen molar-refractivity contribution in [3.05, 3.63) is 56.2 Å². The minimum Gasteiger partial charge on any atom is -0.310 e. The van der Waals surface area contributed by atoms with E-state index in [0.717, 1.165) is 19.4 Å². The average Bonchev–Trinajstić information content (AvgIpc) is 2.82. The molecule has 0 aliphatic heterocycles. The van der Waals surface area contributed by atoms with Gasteiger partial charge in [-0.3, -0.25) is 0 Å². The molecular weight excluding hydrogens is 318 g/mol. The second-order valence-corrected chi connectivity index (χ2v) is 7.33. The molecule has 0 saturated carbocycles. The standard InChI is InChI=1S/C16H20BrNS/c1-3-15(13-6-4-12(2)5-7-13)18-11-10-14-8-9-16(17)19-14/h4-9,15,18H,3,10-11H2,1-2H3. The minimum absolute atomic E-state index is 0.462. The van der Waals surface area contributed by atoms with Crippen LogP contribution in [-0.4, -0.2) is 6.54 Å². The highest BCUT2D eigenvalue weighted by molar-refractivity contribution is 9.11. The lowest BCUT2D eigenvalue weighted by molar-refractivity contribution is 0.524. The third kappa shape index (κ3) is 4.44. The van der Waals surface area contributed by atoms with Crippen molar-refractivity contribution in [3.8, 4) is 0 Å². The summed E-state index contributed by atoms with van der Waals surface area (Å²) in [5.41, 5.74) is 2.71. The summed E-state index contributed by atoms with van der Waals surface area (Å²) in [5.74, 6) is 0. The minimum atomic E-state index is 0.462.